The van der Waals surface area contributed by atoms with Crippen LogP contribution in [0.1, 0.15) is 35.8 Å². The van der Waals surface area contributed by atoms with Gasteiger partial charge in [0.15, 0.2) is 12.1 Å². The van der Waals surface area contributed by atoms with Gasteiger partial charge in [0.1, 0.15) is 12.0 Å². The van der Waals surface area contributed by atoms with Gasteiger partial charge in [-0.25, -0.2) is 14.5 Å². The molecule has 1 N–H and O–H groups in total. The van der Waals surface area contributed by atoms with Crippen molar-refractivity contribution in [3.63, 3.8) is 0 Å². The predicted molar refractivity (Wildman–Crippen MR) is 69.1 cm³/mol. The molecule has 1 fully saturated rings. The number of carboxylic acid groups (broad SMARTS) is 1. The number of pyridine rings is 1. The first kappa shape index (κ1) is 12.7. The zero-order chi connectivity index (χ0) is 13.9. The highest BCUT2D eigenvalue weighted by atomic mass is 16.5. The van der Waals surface area contributed by atoms with Crippen molar-refractivity contribution >= 4 is 5.97 Å². The molecular weight excluding hydrogens is 260 g/mol. The molecule has 2 aromatic rings. The van der Waals surface area contributed by atoms with Crippen LogP contribution in [0.3, 0.4) is 0 Å². The van der Waals surface area contributed by atoms with Gasteiger partial charge >= 0.3 is 5.97 Å². The van der Waals surface area contributed by atoms with E-state index in [2.05, 4.69) is 15.1 Å². The minimum Gasteiger partial charge on any atom is -0.478 e. The molecule has 0 saturated carbocycles. The summed E-state index contributed by atoms with van der Waals surface area (Å²) in [5, 5.41) is 13.2. The molecule has 0 bridgehead atoms. The second kappa shape index (κ2) is 5.38. The quantitative estimate of drug-likeness (QED) is 0.916. The Morgan fingerprint density at radius 1 is 1.35 bits per heavy atom. The molecule has 3 heterocycles. The molecule has 1 unspecified atom stereocenters. The highest BCUT2D eigenvalue weighted by Crippen LogP contribution is 2.22. The highest BCUT2D eigenvalue weighted by Gasteiger charge is 2.18. The molecule has 1 atom stereocenters. The van der Waals surface area contributed by atoms with Gasteiger partial charge in [0.2, 0.25) is 0 Å². The summed E-state index contributed by atoms with van der Waals surface area (Å²) in [5.41, 5.74) is 0.688. The number of aromatic carboxylic acids is 1. The van der Waals surface area contributed by atoms with E-state index >= 15 is 0 Å². The van der Waals surface area contributed by atoms with Gasteiger partial charge in [-0.2, -0.15) is 0 Å². The Kier molecular flexibility index (Phi) is 3.42. The minimum absolute atomic E-state index is 0.0664. The van der Waals surface area contributed by atoms with Crippen LogP contribution in [0.2, 0.25) is 0 Å². The van der Waals surface area contributed by atoms with E-state index in [9.17, 15) is 4.79 Å². The van der Waals surface area contributed by atoms with Crippen molar-refractivity contribution < 1.29 is 14.6 Å². The molecule has 0 aliphatic carbocycles. The topological polar surface area (TPSA) is 90.1 Å². The maximum atomic E-state index is 10.8. The van der Waals surface area contributed by atoms with Gasteiger partial charge in [-0.3, -0.25) is 4.98 Å². The molecule has 1 aliphatic heterocycles. The number of hydrogen-bond acceptors (Lipinski definition) is 5. The molecular formula is C13H14N4O3. The van der Waals surface area contributed by atoms with Crippen molar-refractivity contribution in [1.82, 2.24) is 19.7 Å². The van der Waals surface area contributed by atoms with Crippen LogP contribution in [0.4, 0.5) is 0 Å². The summed E-state index contributed by atoms with van der Waals surface area (Å²) in [4.78, 5) is 19.0. The molecule has 0 amide bonds. The summed E-state index contributed by atoms with van der Waals surface area (Å²) in [7, 11) is 0. The molecule has 104 valence electrons. The smallest absolute Gasteiger partial charge is 0.337 e. The Bertz CT molecular complexity index is 602. The van der Waals surface area contributed by atoms with E-state index in [4.69, 9.17) is 9.84 Å². The lowest BCUT2D eigenvalue weighted by atomic mass is 10.2. The summed E-state index contributed by atoms with van der Waals surface area (Å²) in [5.74, 6) is -0.533. The second-order valence-corrected chi connectivity index (χ2v) is 4.61. The largest absolute Gasteiger partial charge is 0.478 e. The zero-order valence-corrected chi connectivity index (χ0v) is 10.8. The van der Waals surface area contributed by atoms with Gasteiger partial charge in [-0.05, 0) is 31.4 Å². The van der Waals surface area contributed by atoms with Crippen molar-refractivity contribution in [2.45, 2.75) is 25.5 Å². The summed E-state index contributed by atoms with van der Waals surface area (Å²) < 4.78 is 7.32. The molecule has 20 heavy (non-hydrogen) atoms. The molecule has 2 aromatic heterocycles. The first-order chi connectivity index (χ1) is 9.74. The molecule has 0 aromatic carbocycles. The first-order valence-corrected chi connectivity index (χ1v) is 6.46. The highest BCUT2D eigenvalue weighted by molar-refractivity contribution is 5.87. The van der Waals surface area contributed by atoms with Gasteiger partial charge in [-0.1, -0.05) is 0 Å². The fourth-order valence-corrected chi connectivity index (χ4v) is 2.12. The lowest BCUT2D eigenvalue weighted by molar-refractivity contribution is -0.0395. The van der Waals surface area contributed by atoms with Gasteiger partial charge in [-0.15, -0.1) is 5.10 Å². The van der Waals surface area contributed by atoms with Crippen molar-refractivity contribution in [3.05, 3.63) is 30.2 Å². The lowest BCUT2D eigenvalue weighted by Gasteiger charge is -2.21. The number of ether oxygens (including phenoxy) is 1. The molecule has 7 heteroatoms. The summed E-state index contributed by atoms with van der Waals surface area (Å²) >= 11 is 0. The van der Waals surface area contributed by atoms with E-state index in [1.165, 1.54) is 12.3 Å². The van der Waals surface area contributed by atoms with E-state index in [1.54, 1.807) is 17.1 Å². The van der Waals surface area contributed by atoms with Gasteiger partial charge in [0, 0.05) is 12.8 Å². The molecule has 0 radical (unpaired) electrons. The third-order valence-electron chi connectivity index (χ3n) is 3.20. The molecule has 1 aliphatic rings. The van der Waals surface area contributed by atoms with Crippen LogP contribution in [0.15, 0.2) is 24.7 Å². The number of carbonyl (C=O) groups is 1. The van der Waals surface area contributed by atoms with Gasteiger partial charge in [0.05, 0.1) is 5.56 Å². The predicted octanol–water partition coefficient (Wildman–Crippen LogP) is 1.74. The average molecular weight is 274 g/mol. The van der Waals surface area contributed by atoms with Gasteiger partial charge < -0.3 is 9.84 Å². The zero-order valence-electron chi connectivity index (χ0n) is 10.8. The van der Waals surface area contributed by atoms with Crippen LogP contribution >= 0.6 is 0 Å². The number of nitrogens with zero attached hydrogens (tertiary/aromatic N) is 4. The Morgan fingerprint density at radius 2 is 2.25 bits per heavy atom. The van der Waals surface area contributed by atoms with Crippen LogP contribution in [0.25, 0.3) is 11.5 Å². The van der Waals surface area contributed by atoms with E-state index in [1.807, 2.05) is 0 Å². The number of aromatic nitrogens is 4. The summed E-state index contributed by atoms with van der Waals surface area (Å²) in [6.07, 6.45) is 5.98. The van der Waals surface area contributed by atoms with Crippen LogP contribution < -0.4 is 0 Å². The van der Waals surface area contributed by atoms with Crippen LogP contribution in [-0.4, -0.2) is 37.4 Å². The van der Waals surface area contributed by atoms with E-state index in [0.29, 0.717) is 11.5 Å². The monoisotopic (exact) mass is 274 g/mol. The molecule has 1 saturated heterocycles. The average Bonchev–Trinajstić information content (AvgIpc) is 2.98. The summed E-state index contributed by atoms with van der Waals surface area (Å²) in [6, 6.07) is 3.09. The minimum atomic E-state index is -1.00. The van der Waals surface area contributed by atoms with Crippen LogP contribution in [0.5, 0.6) is 0 Å². The SMILES string of the molecule is O=C(O)c1ccc(-c2ncn(C3CCCCO3)n2)nc1. The first-order valence-electron chi connectivity index (χ1n) is 6.46. The van der Waals surface area contributed by atoms with E-state index < -0.39 is 5.97 Å². The number of hydrogen-bond donors (Lipinski definition) is 1. The Labute approximate surface area is 115 Å². The summed E-state index contributed by atoms with van der Waals surface area (Å²) in [6.45, 7) is 0.741. The molecule has 0 spiro atoms. The maximum absolute atomic E-state index is 10.8. The van der Waals surface area contributed by atoms with Gasteiger partial charge in [0.25, 0.3) is 0 Å². The fraction of sp³-hybridized carbons (Fsp3) is 0.385. The molecule has 7 nitrogen and oxygen atoms in total. The Morgan fingerprint density at radius 3 is 2.90 bits per heavy atom. The van der Waals surface area contributed by atoms with Crippen molar-refractivity contribution in [1.29, 1.82) is 0 Å². The lowest BCUT2D eigenvalue weighted by Crippen LogP contribution is -2.18. The Balaban J connectivity index is 1.80. The maximum Gasteiger partial charge on any atom is 0.337 e. The number of rotatable bonds is 3. The van der Waals surface area contributed by atoms with Crippen molar-refractivity contribution in [2.75, 3.05) is 6.61 Å². The standard InChI is InChI=1S/C13H14N4O3/c18-13(19)9-4-5-10(14-7-9)12-15-8-17(16-12)11-3-1-2-6-20-11/h4-5,7-8,11H,1-3,6H2,(H,18,19). The van der Waals surface area contributed by atoms with Crippen molar-refractivity contribution in [3.8, 4) is 11.5 Å². The third kappa shape index (κ3) is 2.53. The van der Waals surface area contributed by atoms with Crippen molar-refractivity contribution in [2.24, 2.45) is 0 Å². The Hall–Kier alpha value is -2.28. The number of carboxylic acids is 1. The normalized spacial score (nSPS) is 18.9. The van der Waals surface area contributed by atoms with E-state index in [0.717, 1.165) is 25.9 Å². The fourth-order valence-electron chi connectivity index (χ4n) is 2.12. The molecule has 3 rings (SSSR count). The van der Waals surface area contributed by atoms with E-state index in [-0.39, 0.29) is 11.8 Å². The van der Waals surface area contributed by atoms with Crippen LogP contribution in [-0.2, 0) is 4.74 Å². The second-order valence-electron chi connectivity index (χ2n) is 4.61. The van der Waals surface area contributed by atoms with Crippen LogP contribution in [0, 0.1) is 0 Å². The third-order valence-corrected chi connectivity index (χ3v) is 3.20.